The number of nitrogens with zero attached hydrogens (tertiary/aromatic N) is 4. The van der Waals surface area contributed by atoms with E-state index in [2.05, 4.69) is 20.7 Å². The maximum atomic E-state index is 12.3. The van der Waals surface area contributed by atoms with Gasteiger partial charge in [0.1, 0.15) is 5.75 Å². The maximum absolute atomic E-state index is 12.3. The molecule has 0 aliphatic carbocycles. The summed E-state index contributed by atoms with van der Waals surface area (Å²) < 4.78 is 7.46. The number of hydrogen-bond acceptors (Lipinski definition) is 7. The van der Waals surface area contributed by atoms with Crippen LogP contribution in [0.1, 0.15) is 11.8 Å². The Labute approximate surface area is 204 Å². The molecule has 0 unspecified atom stereocenters. The van der Waals surface area contributed by atoms with E-state index >= 15 is 0 Å². The maximum Gasteiger partial charge on any atom is 0.250 e. The van der Waals surface area contributed by atoms with Crippen LogP contribution < -0.4 is 10.2 Å². The van der Waals surface area contributed by atoms with Crippen molar-refractivity contribution in [1.82, 2.24) is 20.2 Å². The molecular weight excluding hydrogens is 478 g/mol. The van der Waals surface area contributed by atoms with Crippen LogP contribution in [0.3, 0.4) is 0 Å². The average molecular weight is 498 g/mol. The lowest BCUT2D eigenvalue weighted by molar-refractivity contribution is -0.118. The Morgan fingerprint density at radius 2 is 1.97 bits per heavy atom. The Morgan fingerprint density at radius 3 is 2.67 bits per heavy atom. The molecule has 0 saturated heterocycles. The highest BCUT2D eigenvalue weighted by Gasteiger charge is 2.17. The molecule has 0 fully saturated rings. The number of aromatic nitrogens is 3. The highest BCUT2D eigenvalue weighted by molar-refractivity contribution is 7.99. The minimum Gasteiger partial charge on any atom is -0.494 e. The second-order valence-electron chi connectivity index (χ2n) is 6.67. The van der Waals surface area contributed by atoms with E-state index in [1.54, 1.807) is 29.7 Å². The molecule has 0 atom stereocenters. The van der Waals surface area contributed by atoms with Crippen molar-refractivity contribution in [2.24, 2.45) is 5.10 Å². The van der Waals surface area contributed by atoms with E-state index < -0.39 is 0 Å². The monoisotopic (exact) mass is 497 g/mol. The minimum atomic E-state index is -0.234. The van der Waals surface area contributed by atoms with Crippen molar-refractivity contribution in [2.45, 2.75) is 12.1 Å². The highest BCUT2D eigenvalue weighted by atomic mass is 35.5. The molecule has 2 aromatic heterocycles. The number of nitrogens with one attached hydrogen (secondary N) is 1. The third kappa shape index (κ3) is 6.01. The third-order valence-corrected chi connectivity index (χ3v) is 6.39. The van der Waals surface area contributed by atoms with Gasteiger partial charge in [-0.15, -0.1) is 21.5 Å². The fourth-order valence-electron chi connectivity index (χ4n) is 2.94. The van der Waals surface area contributed by atoms with Crippen molar-refractivity contribution in [1.29, 1.82) is 0 Å². The number of carbonyl (C=O) groups is 1. The van der Waals surface area contributed by atoms with Crippen molar-refractivity contribution in [3.8, 4) is 22.8 Å². The molecule has 1 amide bonds. The molecule has 0 aliphatic heterocycles. The molecule has 1 N–H and O–H groups in total. The summed E-state index contributed by atoms with van der Waals surface area (Å²) in [5.41, 5.74) is 4.26. The zero-order valence-electron chi connectivity index (χ0n) is 17.6. The molecule has 7 nitrogen and oxygen atoms in total. The van der Waals surface area contributed by atoms with Gasteiger partial charge in [0.15, 0.2) is 11.0 Å². The van der Waals surface area contributed by atoms with E-state index in [1.807, 2.05) is 65.4 Å². The highest BCUT2D eigenvalue weighted by Crippen LogP contribution is 2.29. The van der Waals surface area contributed by atoms with E-state index in [-0.39, 0.29) is 11.7 Å². The standard InChI is InChI=1S/C23H20ClN5O2S2/c1-2-31-19-11-9-18(10-12-19)29-22(16-5-7-17(24)8-6-16)27-28-23(29)33-15-21(30)26-25-14-20-4-3-13-32-20/h3-14H,2,15H2,1H3,(H,26,30)/b25-14+. The quantitative estimate of drug-likeness (QED) is 0.193. The van der Waals surface area contributed by atoms with Crippen LogP contribution in [0.25, 0.3) is 17.1 Å². The molecular formula is C23H20ClN5O2S2. The molecule has 0 aliphatic rings. The number of halogens is 1. The van der Waals surface area contributed by atoms with E-state index in [0.29, 0.717) is 22.6 Å². The summed E-state index contributed by atoms with van der Waals surface area (Å²) in [5, 5.41) is 15.9. The Kier molecular flexibility index (Phi) is 7.77. The first kappa shape index (κ1) is 23.0. The number of amides is 1. The first-order valence-electron chi connectivity index (χ1n) is 10.1. The first-order valence-corrected chi connectivity index (χ1v) is 12.3. The topological polar surface area (TPSA) is 81.4 Å². The predicted octanol–water partition coefficient (Wildman–Crippen LogP) is 5.29. The molecule has 2 heterocycles. The van der Waals surface area contributed by atoms with Gasteiger partial charge in [-0.05, 0) is 66.9 Å². The molecule has 4 rings (SSSR count). The summed E-state index contributed by atoms with van der Waals surface area (Å²) in [6.07, 6.45) is 1.62. The number of hydrazone groups is 1. The second-order valence-corrected chi connectivity index (χ2v) is 9.03. The summed E-state index contributed by atoms with van der Waals surface area (Å²) in [7, 11) is 0. The first-order chi connectivity index (χ1) is 16.1. The number of carbonyl (C=O) groups excluding carboxylic acids is 1. The van der Waals surface area contributed by atoms with Crippen LogP contribution in [0.5, 0.6) is 5.75 Å². The number of thiophene rings is 1. The molecule has 168 valence electrons. The lowest BCUT2D eigenvalue weighted by atomic mass is 10.2. The van der Waals surface area contributed by atoms with Gasteiger partial charge in [-0.3, -0.25) is 9.36 Å². The van der Waals surface area contributed by atoms with Crippen LogP contribution in [0.2, 0.25) is 5.02 Å². The van der Waals surface area contributed by atoms with Crippen LogP contribution in [-0.2, 0) is 4.79 Å². The van der Waals surface area contributed by atoms with Gasteiger partial charge < -0.3 is 4.74 Å². The largest absolute Gasteiger partial charge is 0.494 e. The van der Waals surface area contributed by atoms with Crippen molar-refractivity contribution >= 4 is 46.8 Å². The third-order valence-electron chi connectivity index (χ3n) is 4.40. The minimum absolute atomic E-state index is 0.136. The van der Waals surface area contributed by atoms with E-state index in [1.165, 1.54) is 11.8 Å². The number of hydrogen-bond donors (Lipinski definition) is 1. The fourth-order valence-corrected chi connectivity index (χ4v) is 4.39. The van der Waals surface area contributed by atoms with Gasteiger partial charge in [0.2, 0.25) is 0 Å². The van der Waals surface area contributed by atoms with Gasteiger partial charge in [-0.25, -0.2) is 5.43 Å². The molecule has 0 bridgehead atoms. The number of ether oxygens (including phenoxy) is 1. The lowest BCUT2D eigenvalue weighted by Crippen LogP contribution is -2.19. The summed E-state index contributed by atoms with van der Waals surface area (Å²) >= 11 is 8.88. The van der Waals surface area contributed by atoms with Gasteiger partial charge in [-0.2, -0.15) is 5.10 Å². The van der Waals surface area contributed by atoms with Crippen LogP contribution in [0, 0.1) is 0 Å². The molecule has 0 radical (unpaired) electrons. The van der Waals surface area contributed by atoms with E-state index in [0.717, 1.165) is 21.9 Å². The normalized spacial score (nSPS) is 11.1. The predicted molar refractivity (Wildman–Crippen MR) is 134 cm³/mol. The molecule has 33 heavy (non-hydrogen) atoms. The fraction of sp³-hybridized carbons (Fsp3) is 0.130. The molecule has 4 aromatic rings. The summed E-state index contributed by atoms with van der Waals surface area (Å²) in [6.45, 7) is 2.53. The average Bonchev–Trinajstić information content (AvgIpc) is 3.49. The van der Waals surface area contributed by atoms with Crippen molar-refractivity contribution in [3.63, 3.8) is 0 Å². The summed E-state index contributed by atoms with van der Waals surface area (Å²) in [4.78, 5) is 13.3. The van der Waals surface area contributed by atoms with E-state index in [4.69, 9.17) is 16.3 Å². The smallest absolute Gasteiger partial charge is 0.250 e. The van der Waals surface area contributed by atoms with Gasteiger partial charge in [0.05, 0.1) is 18.6 Å². The van der Waals surface area contributed by atoms with Crippen LogP contribution in [-0.4, -0.2) is 39.2 Å². The second kappa shape index (κ2) is 11.1. The van der Waals surface area contributed by atoms with E-state index in [9.17, 15) is 4.79 Å². The number of rotatable bonds is 9. The van der Waals surface area contributed by atoms with Crippen LogP contribution >= 0.6 is 34.7 Å². The molecule has 0 saturated carbocycles. The molecule has 10 heteroatoms. The zero-order chi connectivity index (χ0) is 23.0. The molecule has 0 spiro atoms. The lowest BCUT2D eigenvalue weighted by Gasteiger charge is -2.11. The van der Waals surface area contributed by atoms with Crippen LogP contribution in [0.4, 0.5) is 0 Å². The Hall–Kier alpha value is -3.14. The zero-order valence-corrected chi connectivity index (χ0v) is 20.0. The van der Waals surface area contributed by atoms with Gasteiger partial charge in [0, 0.05) is 21.2 Å². The molecule has 2 aromatic carbocycles. The van der Waals surface area contributed by atoms with Crippen LogP contribution in [0.15, 0.2) is 76.3 Å². The van der Waals surface area contributed by atoms with Crippen molar-refractivity contribution in [3.05, 3.63) is 75.9 Å². The van der Waals surface area contributed by atoms with Gasteiger partial charge in [0.25, 0.3) is 5.91 Å². The summed E-state index contributed by atoms with van der Waals surface area (Å²) in [5.74, 6) is 1.33. The SMILES string of the molecule is CCOc1ccc(-n2c(SCC(=O)N/N=C/c3cccs3)nnc2-c2ccc(Cl)cc2)cc1. The van der Waals surface area contributed by atoms with Crippen molar-refractivity contribution < 1.29 is 9.53 Å². The van der Waals surface area contributed by atoms with Gasteiger partial charge in [-0.1, -0.05) is 29.4 Å². The Balaban J connectivity index is 1.55. The Morgan fingerprint density at radius 1 is 1.18 bits per heavy atom. The van der Waals surface area contributed by atoms with Crippen molar-refractivity contribution in [2.75, 3.05) is 12.4 Å². The number of benzene rings is 2. The number of thioether (sulfide) groups is 1. The Bertz CT molecular complexity index is 1220. The van der Waals surface area contributed by atoms with Gasteiger partial charge >= 0.3 is 0 Å². The summed E-state index contributed by atoms with van der Waals surface area (Å²) in [6, 6.07) is 18.9.